The maximum absolute atomic E-state index is 12.0. The Morgan fingerprint density at radius 1 is 1.15 bits per heavy atom. The summed E-state index contributed by atoms with van der Waals surface area (Å²) < 4.78 is 16.3. The van der Waals surface area contributed by atoms with Crippen molar-refractivity contribution >= 4 is 17.3 Å². The maximum Gasteiger partial charge on any atom is 0.259 e. The third-order valence-corrected chi connectivity index (χ3v) is 3.85. The summed E-state index contributed by atoms with van der Waals surface area (Å²) in [4.78, 5) is 12.0. The molecule has 0 saturated carbocycles. The van der Waals surface area contributed by atoms with E-state index in [4.69, 9.17) is 14.2 Å². The first-order valence-corrected chi connectivity index (χ1v) is 8.27. The monoisotopic (exact) mass is 355 g/mol. The summed E-state index contributed by atoms with van der Waals surface area (Å²) in [5.41, 5.74) is 4.82. The van der Waals surface area contributed by atoms with E-state index in [-0.39, 0.29) is 12.5 Å². The van der Waals surface area contributed by atoms with Crippen molar-refractivity contribution in [1.82, 2.24) is 5.43 Å². The largest absolute Gasteiger partial charge is 0.495 e. The van der Waals surface area contributed by atoms with Crippen LogP contribution in [0.15, 0.2) is 47.6 Å². The molecule has 7 nitrogen and oxygen atoms in total. The second kappa shape index (κ2) is 8.24. The molecule has 0 radical (unpaired) electrons. The van der Waals surface area contributed by atoms with Crippen molar-refractivity contribution < 1.29 is 19.0 Å². The van der Waals surface area contributed by atoms with Crippen molar-refractivity contribution in [2.45, 2.75) is 6.92 Å². The summed E-state index contributed by atoms with van der Waals surface area (Å²) in [6, 6.07) is 13.0. The van der Waals surface area contributed by atoms with Crippen LogP contribution >= 0.6 is 0 Å². The molecule has 0 aliphatic carbocycles. The topological polar surface area (TPSA) is 81.2 Å². The van der Waals surface area contributed by atoms with Crippen molar-refractivity contribution in [3.8, 4) is 17.2 Å². The maximum atomic E-state index is 12.0. The van der Waals surface area contributed by atoms with Crippen LogP contribution in [0.25, 0.3) is 0 Å². The van der Waals surface area contributed by atoms with Crippen LogP contribution in [-0.4, -0.2) is 38.5 Å². The minimum absolute atomic E-state index is 0.0816. The number of para-hydroxylation sites is 2. The number of amides is 1. The zero-order valence-corrected chi connectivity index (χ0v) is 14.7. The number of benzene rings is 2. The molecule has 0 fully saturated rings. The van der Waals surface area contributed by atoms with E-state index in [1.54, 1.807) is 7.11 Å². The van der Waals surface area contributed by atoms with Crippen LogP contribution in [0, 0.1) is 0 Å². The van der Waals surface area contributed by atoms with Gasteiger partial charge in [-0.25, -0.2) is 5.43 Å². The van der Waals surface area contributed by atoms with E-state index < -0.39 is 0 Å². The van der Waals surface area contributed by atoms with Gasteiger partial charge in [-0.15, -0.1) is 0 Å². The molecule has 3 rings (SSSR count). The predicted molar refractivity (Wildman–Crippen MR) is 99.3 cm³/mol. The number of ether oxygens (including phenoxy) is 3. The molecule has 0 atom stereocenters. The summed E-state index contributed by atoms with van der Waals surface area (Å²) in [7, 11) is 1.58. The summed E-state index contributed by atoms with van der Waals surface area (Å²) in [6.07, 6.45) is 0. The molecule has 1 amide bonds. The highest BCUT2D eigenvalue weighted by Gasteiger charge is 2.12. The summed E-state index contributed by atoms with van der Waals surface area (Å²) in [5.74, 6) is 1.83. The van der Waals surface area contributed by atoms with Gasteiger partial charge in [-0.1, -0.05) is 12.1 Å². The number of hydrogen-bond acceptors (Lipinski definition) is 6. The molecule has 26 heavy (non-hydrogen) atoms. The molecule has 2 aromatic rings. The van der Waals surface area contributed by atoms with E-state index in [1.807, 2.05) is 49.4 Å². The molecule has 1 heterocycles. The number of carbonyl (C=O) groups excluding carboxylic acids is 1. The Balaban J connectivity index is 1.57. The van der Waals surface area contributed by atoms with Gasteiger partial charge in [0.1, 0.15) is 19.0 Å². The third kappa shape index (κ3) is 4.24. The smallest absolute Gasteiger partial charge is 0.259 e. The van der Waals surface area contributed by atoms with E-state index in [0.29, 0.717) is 30.4 Å². The molecule has 1 aliphatic heterocycles. The number of fused-ring (bicyclic) bond motifs is 1. The lowest BCUT2D eigenvalue weighted by molar-refractivity contribution is -0.119. The van der Waals surface area contributed by atoms with E-state index in [1.165, 1.54) is 0 Å². The quantitative estimate of drug-likeness (QED) is 0.614. The first kappa shape index (κ1) is 17.6. The van der Waals surface area contributed by atoms with Gasteiger partial charge in [0.2, 0.25) is 0 Å². The fourth-order valence-corrected chi connectivity index (χ4v) is 2.48. The Morgan fingerprint density at radius 2 is 1.92 bits per heavy atom. The van der Waals surface area contributed by atoms with E-state index >= 15 is 0 Å². The highest BCUT2D eigenvalue weighted by molar-refractivity contribution is 6.00. The molecule has 1 aliphatic rings. The Bertz CT molecular complexity index is 820. The number of hydrogen-bond donors (Lipinski definition) is 2. The summed E-state index contributed by atoms with van der Waals surface area (Å²) in [6.45, 7) is 2.98. The Kier molecular flexibility index (Phi) is 5.58. The second-order valence-electron chi connectivity index (χ2n) is 5.64. The first-order valence-electron chi connectivity index (χ1n) is 8.27. The zero-order valence-electron chi connectivity index (χ0n) is 14.7. The average Bonchev–Trinajstić information content (AvgIpc) is 2.70. The Hall–Kier alpha value is -3.22. The molecule has 0 saturated heterocycles. The lowest BCUT2D eigenvalue weighted by atomic mass is 10.1. The van der Waals surface area contributed by atoms with Crippen molar-refractivity contribution in [3.05, 3.63) is 48.0 Å². The predicted octanol–water partition coefficient (Wildman–Crippen LogP) is 2.42. The van der Waals surface area contributed by atoms with Gasteiger partial charge < -0.3 is 19.5 Å². The molecule has 2 aromatic carbocycles. The second-order valence-corrected chi connectivity index (χ2v) is 5.64. The van der Waals surface area contributed by atoms with Crippen LogP contribution in [0.5, 0.6) is 17.2 Å². The first-order chi connectivity index (χ1) is 12.7. The number of nitrogens with one attached hydrogen (secondary N) is 2. The van der Waals surface area contributed by atoms with Gasteiger partial charge in [0, 0.05) is 5.56 Å². The molecule has 0 aromatic heterocycles. The summed E-state index contributed by atoms with van der Waals surface area (Å²) >= 11 is 0. The molecule has 2 N–H and O–H groups in total. The Labute approximate surface area is 152 Å². The van der Waals surface area contributed by atoms with Gasteiger partial charge in [-0.05, 0) is 37.3 Å². The molecule has 136 valence electrons. The van der Waals surface area contributed by atoms with Crippen LogP contribution in [0.4, 0.5) is 5.69 Å². The Morgan fingerprint density at radius 3 is 2.73 bits per heavy atom. The normalized spacial score (nSPS) is 13.1. The van der Waals surface area contributed by atoms with Crippen LogP contribution in [0.1, 0.15) is 12.5 Å². The highest BCUT2D eigenvalue weighted by atomic mass is 16.6. The summed E-state index contributed by atoms with van der Waals surface area (Å²) in [5, 5.41) is 7.17. The lowest BCUT2D eigenvalue weighted by Gasteiger charge is -2.18. The van der Waals surface area contributed by atoms with Gasteiger partial charge in [-0.3, -0.25) is 4.79 Å². The van der Waals surface area contributed by atoms with Crippen molar-refractivity contribution in [3.63, 3.8) is 0 Å². The lowest BCUT2D eigenvalue weighted by Crippen LogP contribution is -2.27. The highest BCUT2D eigenvalue weighted by Crippen LogP contribution is 2.30. The molecule has 7 heteroatoms. The van der Waals surface area contributed by atoms with Crippen LogP contribution in [0.2, 0.25) is 0 Å². The van der Waals surface area contributed by atoms with Crippen molar-refractivity contribution in [2.24, 2.45) is 5.10 Å². The molecule has 0 spiro atoms. The number of methoxy groups -OCH3 is 1. The minimum atomic E-state index is -0.257. The van der Waals surface area contributed by atoms with E-state index in [9.17, 15) is 4.79 Å². The molecular formula is C19H21N3O4. The van der Waals surface area contributed by atoms with Gasteiger partial charge in [-0.2, -0.15) is 5.10 Å². The van der Waals surface area contributed by atoms with Crippen molar-refractivity contribution in [2.75, 3.05) is 32.2 Å². The fraction of sp³-hybridized carbons (Fsp3) is 0.263. The standard InChI is InChI=1S/C19H21N3O4/c1-13(14-7-8-17-18(11-14)26-10-9-25-17)21-22-19(23)12-20-15-5-3-4-6-16(15)24-2/h3-8,11,20H,9-10,12H2,1-2H3,(H,22,23)/b21-13-. The molecule has 0 bridgehead atoms. The van der Waals surface area contributed by atoms with Crippen molar-refractivity contribution in [1.29, 1.82) is 0 Å². The van der Waals surface area contributed by atoms with Gasteiger partial charge in [0.05, 0.1) is 25.1 Å². The van der Waals surface area contributed by atoms with Gasteiger partial charge in [0.15, 0.2) is 11.5 Å². The molecule has 0 unspecified atom stereocenters. The fourth-order valence-electron chi connectivity index (χ4n) is 2.48. The minimum Gasteiger partial charge on any atom is -0.495 e. The molecular weight excluding hydrogens is 334 g/mol. The zero-order chi connectivity index (χ0) is 18.4. The number of carbonyl (C=O) groups is 1. The number of anilines is 1. The third-order valence-electron chi connectivity index (χ3n) is 3.85. The number of rotatable bonds is 6. The van der Waals surface area contributed by atoms with Gasteiger partial charge in [0.25, 0.3) is 5.91 Å². The number of hydrazone groups is 1. The van der Waals surface area contributed by atoms with Crippen LogP contribution < -0.4 is 25.0 Å². The van der Waals surface area contributed by atoms with Crippen LogP contribution in [0.3, 0.4) is 0 Å². The SMILES string of the molecule is COc1ccccc1NCC(=O)N/N=C(/C)c1ccc2c(c1)OCCO2. The van der Waals surface area contributed by atoms with E-state index in [2.05, 4.69) is 15.8 Å². The van der Waals surface area contributed by atoms with E-state index in [0.717, 1.165) is 17.0 Å². The van der Waals surface area contributed by atoms with Gasteiger partial charge >= 0.3 is 0 Å². The average molecular weight is 355 g/mol. The van der Waals surface area contributed by atoms with Crippen LogP contribution in [-0.2, 0) is 4.79 Å². The number of nitrogens with zero attached hydrogens (tertiary/aromatic N) is 1.